The van der Waals surface area contributed by atoms with Crippen LogP contribution in [0.15, 0.2) is 0 Å². The Labute approximate surface area is 79.1 Å². The number of esters is 1. The van der Waals surface area contributed by atoms with Crippen LogP contribution in [0.2, 0.25) is 0 Å². The summed E-state index contributed by atoms with van der Waals surface area (Å²) in [6.45, 7) is 4.19. The van der Waals surface area contributed by atoms with E-state index in [1.165, 1.54) is 7.11 Å². The van der Waals surface area contributed by atoms with Gasteiger partial charge in [0.2, 0.25) is 0 Å². The van der Waals surface area contributed by atoms with E-state index < -0.39 is 0 Å². The maximum Gasteiger partial charge on any atom is 0.318 e. The van der Waals surface area contributed by atoms with E-state index in [0.29, 0.717) is 0 Å². The number of carbonyl (C=O) groups is 1. The molecule has 0 aromatic heterocycles. The third-order valence-electron chi connectivity index (χ3n) is 1.65. The number of hydrogen-bond acceptors (Lipinski definition) is 3. The summed E-state index contributed by atoms with van der Waals surface area (Å²) in [5, 5.41) is 0.0555. The first-order chi connectivity index (χ1) is 5.76. The molecule has 1 unspecified atom stereocenters. The van der Waals surface area contributed by atoms with Crippen molar-refractivity contribution in [1.29, 1.82) is 0 Å². The van der Waals surface area contributed by atoms with E-state index in [-0.39, 0.29) is 11.2 Å². The first-order valence-corrected chi connectivity index (χ1v) is 5.50. The van der Waals surface area contributed by atoms with Gasteiger partial charge in [-0.05, 0) is 12.2 Å². The van der Waals surface area contributed by atoms with E-state index in [9.17, 15) is 4.79 Å². The molecule has 0 aromatic carbocycles. The van der Waals surface area contributed by atoms with Crippen molar-refractivity contribution in [3.05, 3.63) is 0 Å². The second kappa shape index (κ2) is 7.47. The van der Waals surface area contributed by atoms with Gasteiger partial charge in [-0.1, -0.05) is 26.7 Å². The zero-order valence-electron chi connectivity index (χ0n) is 8.13. The summed E-state index contributed by atoms with van der Waals surface area (Å²) < 4.78 is 4.70. The van der Waals surface area contributed by atoms with E-state index in [1.807, 2.05) is 0 Å². The Balaban J connectivity index is 3.76. The molecule has 2 nitrogen and oxygen atoms in total. The number of unbranched alkanes of at least 4 members (excludes halogenated alkanes) is 1. The Morgan fingerprint density at radius 1 is 1.50 bits per heavy atom. The van der Waals surface area contributed by atoms with E-state index in [4.69, 9.17) is 4.74 Å². The Kier molecular flexibility index (Phi) is 7.36. The van der Waals surface area contributed by atoms with Crippen molar-refractivity contribution >= 4 is 17.7 Å². The molecule has 1 atom stereocenters. The van der Waals surface area contributed by atoms with E-state index in [1.54, 1.807) is 11.8 Å². The highest BCUT2D eigenvalue weighted by Crippen LogP contribution is 2.18. The Bertz CT molecular complexity index is 126. The van der Waals surface area contributed by atoms with Gasteiger partial charge in [-0.15, -0.1) is 11.8 Å². The molecule has 0 aromatic rings. The normalized spacial score (nSPS) is 12.6. The van der Waals surface area contributed by atoms with Gasteiger partial charge >= 0.3 is 5.97 Å². The lowest BCUT2D eigenvalue weighted by Gasteiger charge is -2.11. The van der Waals surface area contributed by atoms with E-state index in [0.717, 1.165) is 25.0 Å². The van der Waals surface area contributed by atoms with Crippen LogP contribution in [0.3, 0.4) is 0 Å². The third kappa shape index (κ3) is 4.65. The summed E-state index contributed by atoms with van der Waals surface area (Å²) in [7, 11) is 1.46. The van der Waals surface area contributed by atoms with Gasteiger partial charge in [0.15, 0.2) is 0 Å². The van der Waals surface area contributed by atoms with Crippen LogP contribution in [0.25, 0.3) is 0 Å². The van der Waals surface area contributed by atoms with Crippen molar-refractivity contribution in [3.63, 3.8) is 0 Å². The van der Waals surface area contributed by atoms with Crippen LogP contribution in [0.5, 0.6) is 0 Å². The second-order valence-electron chi connectivity index (χ2n) is 2.61. The van der Waals surface area contributed by atoms with Gasteiger partial charge in [0.25, 0.3) is 0 Å². The summed E-state index contributed by atoms with van der Waals surface area (Å²) in [5.41, 5.74) is 0. The number of hydrogen-bond donors (Lipinski definition) is 0. The molecule has 0 saturated carbocycles. The molecule has 0 saturated heterocycles. The van der Waals surface area contributed by atoms with Crippen LogP contribution in [-0.4, -0.2) is 24.1 Å². The zero-order valence-corrected chi connectivity index (χ0v) is 8.95. The molecule has 0 radical (unpaired) electrons. The fourth-order valence-corrected chi connectivity index (χ4v) is 1.96. The quantitative estimate of drug-likeness (QED) is 0.602. The zero-order chi connectivity index (χ0) is 9.40. The third-order valence-corrected chi connectivity index (χ3v) is 2.82. The van der Waals surface area contributed by atoms with Gasteiger partial charge in [-0.2, -0.15) is 0 Å². The lowest BCUT2D eigenvalue weighted by molar-refractivity contribution is -0.140. The molecule has 3 heteroatoms. The van der Waals surface area contributed by atoms with Crippen molar-refractivity contribution < 1.29 is 9.53 Å². The van der Waals surface area contributed by atoms with Gasteiger partial charge in [0.1, 0.15) is 5.25 Å². The first-order valence-electron chi connectivity index (χ1n) is 4.45. The Morgan fingerprint density at radius 3 is 2.58 bits per heavy atom. The molecule has 0 fully saturated rings. The minimum atomic E-state index is -0.0738. The molecule has 0 aliphatic heterocycles. The molecule has 0 aliphatic carbocycles. The summed E-state index contributed by atoms with van der Waals surface area (Å²) >= 11 is 1.67. The Hall–Kier alpha value is -0.180. The first kappa shape index (κ1) is 11.8. The van der Waals surface area contributed by atoms with Crippen molar-refractivity contribution in [1.82, 2.24) is 0 Å². The molecule has 72 valence electrons. The molecule has 12 heavy (non-hydrogen) atoms. The monoisotopic (exact) mass is 190 g/mol. The predicted octanol–water partition coefficient (Wildman–Crippen LogP) is 2.47. The van der Waals surface area contributed by atoms with Crippen molar-refractivity contribution in [2.45, 2.75) is 38.4 Å². The molecule has 0 amide bonds. The highest BCUT2D eigenvalue weighted by molar-refractivity contribution is 8.00. The van der Waals surface area contributed by atoms with Gasteiger partial charge in [0, 0.05) is 0 Å². The molecule has 0 rings (SSSR count). The lowest BCUT2D eigenvalue weighted by atomic mass is 10.2. The van der Waals surface area contributed by atoms with Gasteiger partial charge in [-0.3, -0.25) is 4.79 Å². The topological polar surface area (TPSA) is 26.3 Å². The summed E-state index contributed by atoms with van der Waals surface area (Å²) in [4.78, 5) is 11.2. The molecule has 0 heterocycles. The molecule has 0 aliphatic rings. The van der Waals surface area contributed by atoms with Crippen molar-refractivity contribution in [2.75, 3.05) is 12.9 Å². The highest BCUT2D eigenvalue weighted by Gasteiger charge is 2.17. The molecule has 0 bridgehead atoms. The second-order valence-corrected chi connectivity index (χ2v) is 4.09. The molecular formula is C9H18O2S. The summed E-state index contributed by atoms with van der Waals surface area (Å²) in [6, 6.07) is 0. The number of carbonyl (C=O) groups excluding carboxylic acids is 1. The van der Waals surface area contributed by atoms with E-state index in [2.05, 4.69) is 13.8 Å². The maximum absolute atomic E-state index is 11.2. The number of thioether (sulfide) groups is 1. The number of methoxy groups -OCH3 is 1. The predicted molar refractivity (Wildman–Crippen MR) is 53.5 cm³/mol. The SMILES string of the molecule is CCCCC(SCC)C(=O)OC. The summed E-state index contributed by atoms with van der Waals surface area (Å²) in [6.07, 6.45) is 3.19. The fraction of sp³-hybridized carbons (Fsp3) is 0.889. The Morgan fingerprint density at radius 2 is 2.17 bits per heavy atom. The largest absolute Gasteiger partial charge is 0.468 e. The van der Waals surface area contributed by atoms with Crippen LogP contribution in [0, 0.1) is 0 Å². The van der Waals surface area contributed by atoms with Crippen LogP contribution in [0.4, 0.5) is 0 Å². The van der Waals surface area contributed by atoms with Crippen LogP contribution < -0.4 is 0 Å². The van der Waals surface area contributed by atoms with Crippen LogP contribution >= 0.6 is 11.8 Å². The van der Waals surface area contributed by atoms with E-state index >= 15 is 0 Å². The number of rotatable bonds is 6. The molecule has 0 N–H and O–H groups in total. The number of ether oxygens (including phenoxy) is 1. The summed E-state index contributed by atoms with van der Waals surface area (Å²) in [5.74, 6) is 0.902. The van der Waals surface area contributed by atoms with Crippen molar-refractivity contribution in [2.24, 2.45) is 0 Å². The molecular weight excluding hydrogens is 172 g/mol. The smallest absolute Gasteiger partial charge is 0.318 e. The minimum Gasteiger partial charge on any atom is -0.468 e. The fourth-order valence-electron chi connectivity index (χ4n) is 0.991. The van der Waals surface area contributed by atoms with Crippen LogP contribution in [-0.2, 0) is 9.53 Å². The average molecular weight is 190 g/mol. The van der Waals surface area contributed by atoms with Gasteiger partial charge in [0.05, 0.1) is 7.11 Å². The molecule has 0 spiro atoms. The van der Waals surface area contributed by atoms with Crippen LogP contribution in [0.1, 0.15) is 33.1 Å². The van der Waals surface area contributed by atoms with Gasteiger partial charge in [-0.25, -0.2) is 0 Å². The average Bonchev–Trinajstić information content (AvgIpc) is 2.11. The highest BCUT2D eigenvalue weighted by atomic mass is 32.2. The maximum atomic E-state index is 11.2. The van der Waals surface area contributed by atoms with Crippen molar-refractivity contribution in [3.8, 4) is 0 Å². The minimum absolute atomic E-state index is 0.0555. The van der Waals surface area contributed by atoms with Gasteiger partial charge < -0.3 is 4.74 Å². The standard InChI is InChI=1S/C9H18O2S/c1-4-6-7-8(12-5-2)9(10)11-3/h8H,4-7H2,1-3H3. The lowest BCUT2D eigenvalue weighted by Crippen LogP contribution is -2.18.